The number of nitrogens with zero attached hydrogens (tertiary/aromatic N) is 2. The molecular formula is C9H14ClN3O. The van der Waals surface area contributed by atoms with Gasteiger partial charge in [-0.25, -0.2) is 4.79 Å². The van der Waals surface area contributed by atoms with E-state index < -0.39 is 0 Å². The number of hydrogen-bond acceptors (Lipinski definition) is 2. The summed E-state index contributed by atoms with van der Waals surface area (Å²) < 4.78 is 3.15. The van der Waals surface area contributed by atoms with Gasteiger partial charge in [-0.15, -0.1) is 0 Å². The van der Waals surface area contributed by atoms with E-state index in [-0.39, 0.29) is 5.69 Å². The second kappa shape index (κ2) is 3.44. The van der Waals surface area contributed by atoms with Crippen molar-refractivity contribution in [2.45, 2.75) is 12.3 Å². The molecule has 78 valence electrons. The molecular weight excluding hydrogens is 202 g/mol. The molecule has 1 aliphatic rings. The van der Waals surface area contributed by atoms with E-state index in [2.05, 4.69) is 5.32 Å². The van der Waals surface area contributed by atoms with Crippen molar-refractivity contribution in [2.24, 2.45) is 14.1 Å². The highest BCUT2D eigenvalue weighted by molar-refractivity contribution is 6.30. The van der Waals surface area contributed by atoms with Crippen molar-refractivity contribution in [3.63, 3.8) is 0 Å². The van der Waals surface area contributed by atoms with Gasteiger partial charge in [-0.05, 0) is 13.0 Å². The van der Waals surface area contributed by atoms with Crippen LogP contribution >= 0.6 is 11.6 Å². The first-order valence-electron chi connectivity index (χ1n) is 4.74. The van der Waals surface area contributed by atoms with Gasteiger partial charge in [0.1, 0.15) is 5.15 Å². The molecule has 0 spiro atoms. The fourth-order valence-electron chi connectivity index (χ4n) is 2.05. The summed E-state index contributed by atoms with van der Waals surface area (Å²) in [6.45, 7) is 1.92. The molecule has 2 heterocycles. The Labute approximate surface area is 87.5 Å². The predicted molar refractivity (Wildman–Crippen MR) is 55.9 cm³/mol. The highest BCUT2D eigenvalue weighted by Gasteiger charge is 2.25. The van der Waals surface area contributed by atoms with Gasteiger partial charge in [0.2, 0.25) is 0 Å². The third-order valence-electron chi connectivity index (χ3n) is 2.89. The zero-order valence-electron chi connectivity index (χ0n) is 8.38. The lowest BCUT2D eigenvalue weighted by atomic mass is 10.1. The molecule has 1 aromatic rings. The summed E-state index contributed by atoms with van der Waals surface area (Å²) in [6.07, 6.45) is 1.05. The molecule has 0 bridgehead atoms. The van der Waals surface area contributed by atoms with E-state index in [0.717, 1.165) is 25.2 Å². The molecule has 1 saturated heterocycles. The molecule has 1 aliphatic heterocycles. The third kappa shape index (κ3) is 1.29. The Bertz CT molecular complexity index is 401. The average molecular weight is 216 g/mol. The Hall–Kier alpha value is -0.740. The summed E-state index contributed by atoms with van der Waals surface area (Å²) in [7, 11) is 3.48. The minimum Gasteiger partial charge on any atom is -0.316 e. The van der Waals surface area contributed by atoms with Crippen LogP contribution in [0.3, 0.4) is 0 Å². The molecule has 0 radical (unpaired) electrons. The average Bonchev–Trinajstić information content (AvgIpc) is 2.73. The van der Waals surface area contributed by atoms with Crippen LogP contribution in [0.1, 0.15) is 18.0 Å². The van der Waals surface area contributed by atoms with Crippen LogP contribution in [0.4, 0.5) is 0 Å². The molecule has 5 heteroatoms. The first kappa shape index (κ1) is 9.80. The van der Waals surface area contributed by atoms with E-state index in [9.17, 15) is 4.79 Å². The number of imidazole rings is 1. The van der Waals surface area contributed by atoms with E-state index in [1.54, 1.807) is 18.7 Å². The third-order valence-corrected chi connectivity index (χ3v) is 3.34. The Balaban J connectivity index is 2.51. The lowest BCUT2D eigenvalue weighted by Crippen LogP contribution is -2.21. The van der Waals surface area contributed by atoms with Gasteiger partial charge in [0.25, 0.3) is 0 Å². The zero-order chi connectivity index (χ0) is 10.3. The van der Waals surface area contributed by atoms with Crippen molar-refractivity contribution in [1.29, 1.82) is 0 Å². The van der Waals surface area contributed by atoms with E-state index >= 15 is 0 Å². The van der Waals surface area contributed by atoms with Gasteiger partial charge in [0.05, 0.1) is 5.69 Å². The van der Waals surface area contributed by atoms with Crippen LogP contribution in [0.15, 0.2) is 4.79 Å². The Kier molecular flexibility index (Phi) is 2.41. The lowest BCUT2D eigenvalue weighted by molar-refractivity contribution is 0.671. The SMILES string of the molecule is Cn1c(Cl)c(C2CCNC2)n(C)c1=O. The van der Waals surface area contributed by atoms with E-state index in [4.69, 9.17) is 11.6 Å². The Morgan fingerprint density at radius 3 is 2.57 bits per heavy atom. The summed E-state index contributed by atoms with van der Waals surface area (Å²) in [5.74, 6) is 0.376. The van der Waals surface area contributed by atoms with Crippen LogP contribution < -0.4 is 11.0 Å². The summed E-state index contributed by atoms with van der Waals surface area (Å²) >= 11 is 6.11. The molecule has 1 fully saturated rings. The Morgan fingerprint density at radius 2 is 2.14 bits per heavy atom. The van der Waals surface area contributed by atoms with Crippen molar-refractivity contribution in [1.82, 2.24) is 14.5 Å². The minimum atomic E-state index is -0.0445. The monoisotopic (exact) mass is 215 g/mol. The Morgan fingerprint density at radius 1 is 1.43 bits per heavy atom. The van der Waals surface area contributed by atoms with Crippen molar-refractivity contribution in [2.75, 3.05) is 13.1 Å². The highest BCUT2D eigenvalue weighted by Crippen LogP contribution is 2.27. The van der Waals surface area contributed by atoms with Crippen LogP contribution in [-0.4, -0.2) is 22.2 Å². The maximum Gasteiger partial charge on any atom is 0.329 e. The lowest BCUT2D eigenvalue weighted by Gasteiger charge is -2.08. The largest absolute Gasteiger partial charge is 0.329 e. The van der Waals surface area contributed by atoms with Gasteiger partial charge in [-0.3, -0.25) is 9.13 Å². The normalized spacial score (nSPS) is 21.8. The van der Waals surface area contributed by atoms with Crippen LogP contribution in [0.5, 0.6) is 0 Å². The van der Waals surface area contributed by atoms with E-state index in [0.29, 0.717) is 11.1 Å². The molecule has 1 atom stereocenters. The molecule has 0 amide bonds. The molecule has 4 nitrogen and oxygen atoms in total. The maximum atomic E-state index is 11.6. The quantitative estimate of drug-likeness (QED) is 0.739. The fraction of sp³-hybridized carbons (Fsp3) is 0.667. The number of nitrogens with one attached hydrogen (secondary N) is 1. The van der Waals surface area contributed by atoms with Crippen molar-refractivity contribution in [3.05, 3.63) is 21.3 Å². The molecule has 2 rings (SSSR count). The molecule has 0 saturated carbocycles. The van der Waals surface area contributed by atoms with Crippen molar-refractivity contribution in [3.8, 4) is 0 Å². The van der Waals surface area contributed by atoms with Crippen molar-refractivity contribution < 1.29 is 0 Å². The number of aromatic nitrogens is 2. The van der Waals surface area contributed by atoms with Gasteiger partial charge in [0, 0.05) is 26.6 Å². The summed E-state index contributed by atoms with van der Waals surface area (Å²) in [6, 6.07) is 0. The number of halogens is 1. The van der Waals surface area contributed by atoms with Crippen LogP contribution in [-0.2, 0) is 14.1 Å². The van der Waals surface area contributed by atoms with Crippen LogP contribution in [0.2, 0.25) is 5.15 Å². The standard InChI is InChI=1S/C9H14ClN3O/c1-12-7(6-3-4-11-5-6)8(10)13(2)9(12)14/h6,11H,3-5H2,1-2H3. The number of hydrogen-bond donors (Lipinski definition) is 1. The molecule has 1 aromatic heterocycles. The van der Waals surface area contributed by atoms with Crippen LogP contribution in [0, 0.1) is 0 Å². The van der Waals surface area contributed by atoms with E-state index in [1.807, 2.05) is 0 Å². The first-order valence-corrected chi connectivity index (χ1v) is 5.12. The topological polar surface area (TPSA) is 39.0 Å². The zero-order valence-corrected chi connectivity index (χ0v) is 9.14. The van der Waals surface area contributed by atoms with Gasteiger partial charge < -0.3 is 5.32 Å². The summed E-state index contributed by atoms with van der Waals surface area (Å²) in [4.78, 5) is 11.6. The van der Waals surface area contributed by atoms with Crippen molar-refractivity contribution >= 4 is 11.6 Å². The van der Waals surface area contributed by atoms with Gasteiger partial charge in [0.15, 0.2) is 0 Å². The minimum absolute atomic E-state index is 0.0445. The smallest absolute Gasteiger partial charge is 0.316 e. The van der Waals surface area contributed by atoms with Gasteiger partial charge in [-0.2, -0.15) is 0 Å². The van der Waals surface area contributed by atoms with Gasteiger partial charge >= 0.3 is 5.69 Å². The van der Waals surface area contributed by atoms with Gasteiger partial charge in [-0.1, -0.05) is 11.6 Å². The fourth-order valence-corrected chi connectivity index (χ4v) is 2.41. The predicted octanol–water partition coefficient (Wildman–Crippen LogP) is 0.454. The molecule has 0 aromatic carbocycles. The summed E-state index contributed by atoms with van der Waals surface area (Å²) in [5, 5.41) is 3.85. The molecule has 14 heavy (non-hydrogen) atoms. The molecule has 1 N–H and O–H groups in total. The first-order chi connectivity index (χ1) is 6.63. The number of rotatable bonds is 1. The maximum absolute atomic E-state index is 11.6. The highest BCUT2D eigenvalue weighted by atomic mass is 35.5. The van der Waals surface area contributed by atoms with E-state index in [1.165, 1.54) is 4.57 Å². The second-order valence-electron chi connectivity index (χ2n) is 3.77. The summed E-state index contributed by atoms with van der Waals surface area (Å²) in [5.41, 5.74) is 0.918. The molecule has 0 aliphatic carbocycles. The second-order valence-corrected chi connectivity index (χ2v) is 4.12. The van der Waals surface area contributed by atoms with Crippen LogP contribution in [0.25, 0.3) is 0 Å². The molecule has 1 unspecified atom stereocenters.